The molecule has 18 heavy (non-hydrogen) atoms. The van der Waals surface area contributed by atoms with Crippen LogP contribution in [0.15, 0.2) is 6.07 Å². The van der Waals surface area contributed by atoms with Gasteiger partial charge < -0.3 is 10.1 Å². The monoisotopic (exact) mass is 245 g/mol. The SMILES string of the molecule is Cc1cc(NCC2CCOCC2)c(C#N)c(C)n1. The van der Waals surface area contributed by atoms with E-state index in [1.54, 1.807) is 0 Å². The smallest absolute Gasteiger partial charge is 0.103 e. The van der Waals surface area contributed by atoms with E-state index >= 15 is 0 Å². The summed E-state index contributed by atoms with van der Waals surface area (Å²) in [5, 5.41) is 12.6. The lowest BCUT2D eigenvalue weighted by Gasteiger charge is -2.23. The van der Waals surface area contributed by atoms with E-state index in [-0.39, 0.29) is 0 Å². The first-order chi connectivity index (χ1) is 8.70. The number of pyridine rings is 1. The zero-order valence-corrected chi connectivity index (χ0v) is 11.0. The van der Waals surface area contributed by atoms with Crippen molar-refractivity contribution in [2.24, 2.45) is 5.92 Å². The molecular formula is C14H19N3O. The summed E-state index contributed by atoms with van der Waals surface area (Å²) in [6.07, 6.45) is 2.19. The minimum absolute atomic E-state index is 0.638. The molecule has 0 saturated carbocycles. The largest absolute Gasteiger partial charge is 0.384 e. The van der Waals surface area contributed by atoms with E-state index in [4.69, 9.17) is 4.74 Å². The summed E-state index contributed by atoms with van der Waals surface area (Å²) < 4.78 is 5.34. The summed E-state index contributed by atoms with van der Waals surface area (Å²) in [6, 6.07) is 4.18. The molecular weight excluding hydrogens is 226 g/mol. The van der Waals surface area contributed by atoms with Gasteiger partial charge in [-0.3, -0.25) is 4.98 Å². The number of anilines is 1. The molecule has 0 aromatic carbocycles. The van der Waals surface area contributed by atoms with Crippen LogP contribution in [0.25, 0.3) is 0 Å². The quantitative estimate of drug-likeness (QED) is 0.888. The summed E-state index contributed by atoms with van der Waals surface area (Å²) in [6.45, 7) is 6.44. The normalized spacial score (nSPS) is 16.3. The lowest BCUT2D eigenvalue weighted by atomic mass is 10.00. The van der Waals surface area contributed by atoms with Crippen LogP contribution in [-0.2, 0) is 4.74 Å². The van der Waals surface area contributed by atoms with Gasteiger partial charge in [0.1, 0.15) is 6.07 Å². The second-order valence-electron chi connectivity index (χ2n) is 4.82. The van der Waals surface area contributed by atoms with Gasteiger partial charge >= 0.3 is 0 Å². The summed E-state index contributed by atoms with van der Waals surface area (Å²) in [5.41, 5.74) is 3.31. The molecule has 1 aliphatic heterocycles. The average molecular weight is 245 g/mol. The van der Waals surface area contributed by atoms with Gasteiger partial charge in [-0.05, 0) is 38.7 Å². The van der Waals surface area contributed by atoms with E-state index < -0.39 is 0 Å². The van der Waals surface area contributed by atoms with Crippen molar-refractivity contribution in [2.45, 2.75) is 26.7 Å². The van der Waals surface area contributed by atoms with E-state index in [1.165, 1.54) is 0 Å². The molecule has 0 bridgehead atoms. The fourth-order valence-electron chi connectivity index (χ4n) is 2.31. The Hall–Kier alpha value is -1.60. The van der Waals surface area contributed by atoms with Crippen LogP contribution in [0.3, 0.4) is 0 Å². The Morgan fingerprint density at radius 3 is 2.83 bits per heavy atom. The van der Waals surface area contributed by atoms with Crippen LogP contribution in [-0.4, -0.2) is 24.7 Å². The lowest BCUT2D eigenvalue weighted by molar-refractivity contribution is 0.0699. The van der Waals surface area contributed by atoms with Crippen molar-refractivity contribution >= 4 is 5.69 Å². The number of aryl methyl sites for hydroxylation is 2. The van der Waals surface area contributed by atoms with Gasteiger partial charge in [-0.2, -0.15) is 5.26 Å². The van der Waals surface area contributed by atoms with E-state index in [0.717, 1.165) is 49.7 Å². The standard InChI is InChI=1S/C14H19N3O/c1-10-7-14(13(8-15)11(2)17-10)16-9-12-3-5-18-6-4-12/h7,12H,3-6,9H2,1-2H3,(H,16,17). The van der Waals surface area contributed by atoms with Gasteiger partial charge in [-0.1, -0.05) is 0 Å². The van der Waals surface area contributed by atoms with Crippen LogP contribution < -0.4 is 5.32 Å². The number of aromatic nitrogens is 1. The highest BCUT2D eigenvalue weighted by atomic mass is 16.5. The van der Waals surface area contributed by atoms with Crippen molar-refractivity contribution < 1.29 is 4.74 Å². The number of nitriles is 1. The maximum absolute atomic E-state index is 9.18. The van der Waals surface area contributed by atoms with Crippen molar-refractivity contribution in [2.75, 3.05) is 25.1 Å². The molecule has 2 rings (SSSR count). The second-order valence-corrected chi connectivity index (χ2v) is 4.82. The van der Waals surface area contributed by atoms with Gasteiger partial charge in [-0.15, -0.1) is 0 Å². The Morgan fingerprint density at radius 1 is 1.44 bits per heavy atom. The molecule has 0 unspecified atom stereocenters. The highest BCUT2D eigenvalue weighted by Gasteiger charge is 2.15. The number of ether oxygens (including phenoxy) is 1. The molecule has 0 aliphatic carbocycles. The van der Waals surface area contributed by atoms with Crippen LogP contribution in [0.2, 0.25) is 0 Å². The Labute approximate surface area is 108 Å². The van der Waals surface area contributed by atoms with Crippen LogP contribution in [0.4, 0.5) is 5.69 Å². The minimum Gasteiger partial charge on any atom is -0.384 e. The molecule has 2 heterocycles. The number of hydrogen-bond acceptors (Lipinski definition) is 4. The maximum atomic E-state index is 9.18. The maximum Gasteiger partial charge on any atom is 0.103 e. The first-order valence-corrected chi connectivity index (χ1v) is 6.40. The third-order valence-electron chi connectivity index (χ3n) is 3.36. The molecule has 4 nitrogen and oxygen atoms in total. The summed E-state index contributed by atoms with van der Waals surface area (Å²) in [5.74, 6) is 0.638. The number of hydrogen-bond donors (Lipinski definition) is 1. The fourth-order valence-corrected chi connectivity index (χ4v) is 2.31. The van der Waals surface area contributed by atoms with Crippen LogP contribution in [0.1, 0.15) is 29.8 Å². The lowest BCUT2D eigenvalue weighted by Crippen LogP contribution is -2.23. The van der Waals surface area contributed by atoms with Crippen molar-refractivity contribution in [3.05, 3.63) is 23.0 Å². The van der Waals surface area contributed by atoms with E-state index in [9.17, 15) is 5.26 Å². The molecule has 1 N–H and O–H groups in total. The predicted octanol–water partition coefficient (Wildman–Crippen LogP) is 2.41. The highest BCUT2D eigenvalue weighted by Crippen LogP contribution is 2.21. The predicted molar refractivity (Wildman–Crippen MR) is 70.5 cm³/mol. The Balaban J connectivity index is 2.06. The van der Waals surface area contributed by atoms with Gasteiger partial charge in [0.05, 0.1) is 16.9 Å². The molecule has 1 saturated heterocycles. The molecule has 0 atom stereocenters. The molecule has 1 aromatic heterocycles. The van der Waals surface area contributed by atoms with E-state index in [0.29, 0.717) is 11.5 Å². The van der Waals surface area contributed by atoms with Gasteiger partial charge in [0.15, 0.2) is 0 Å². The van der Waals surface area contributed by atoms with Gasteiger partial charge in [-0.25, -0.2) is 0 Å². The molecule has 0 amide bonds. The molecule has 4 heteroatoms. The zero-order valence-electron chi connectivity index (χ0n) is 11.0. The molecule has 1 aromatic rings. The number of nitrogens with one attached hydrogen (secondary N) is 1. The first-order valence-electron chi connectivity index (χ1n) is 6.40. The summed E-state index contributed by atoms with van der Waals surface area (Å²) in [7, 11) is 0. The molecule has 96 valence electrons. The average Bonchev–Trinajstić information content (AvgIpc) is 2.37. The van der Waals surface area contributed by atoms with Crippen molar-refractivity contribution in [3.63, 3.8) is 0 Å². The minimum atomic E-state index is 0.638. The number of rotatable bonds is 3. The first kappa shape index (κ1) is 12.8. The van der Waals surface area contributed by atoms with E-state index in [2.05, 4.69) is 16.4 Å². The zero-order chi connectivity index (χ0) is 13.0. The summed E-state index contributed by atoms with van der Waals surface area (Å²) in [4.78, 5) is 4.32. The highest BCUT2D eigenvalue weighted by molar-refractivity contribution is 5.59. The van der Waals surface area contributed by atoms with Crippen molar-refractivity contribution in [1.82, 2.24) is 4.98 Å². The van der Waals surface area contributed by atoms with Crippen molar-refractivity contribution in [3.8, 4) is 6.07 Å². The Morgan fingerprint density at radius 2 is 2.17 bits per heavy atom. The van der Waals surface area contributed by atoms with Gasteiger partial charge in [0.25, 0.3) is 0 Å². The second kappa shape index (κ2) is 5.83. The van der Waals surface area contributed by atoms with E-state index in [1.807, 2.05) is 19.9 Å². The molecule has 1 fully saturated rings. The van der Waals surface area contributed by atoms with Crippen molar-refractivity contribution in [1.29, 1.82) is 5.26 Å². The van der Waals surface area contributed by atoms with Gasteiger partial charge in [0, 0.05) is 25.5 Å². The third-order valence-corrected chi connectivity index (χ3v) is 3.36. The Bertz CT molecular complexity index is 459. The van der Waals surface area contributed by atoms with Crippen LogP contribution >= 0.6 is 0 Å². The van der Waals surface area contributed by atoms with Crippen LogP contribution in [0, 0.1) is 31.1 Å². The number of nitrogens with zero attached hydrogens (tertiary/aromatic N) is 2. The Kier molecular flexibility index (Phi) is 4.16. The van der Waals surface area contributed by atoms with Gasteiger partial charge in [0.2, 0.25) is 0 Å². The van der Waals surface area contributed by atoms with Crippen LogP contribution in [0.5, 0.6) is 0 Å². The molecule has 0 spiro atoms. The molecule has 1 aliphatic rings. The molecule has 0 radical (unpaired) electrons. The third kappa shape index (κ3) is 2.99. The summed E-state index contributed by atoms with van der Waals surface area (Å²) >= 11 is 0. The topological polar surface area (TPSA) is 57.9 Å². The fraction of sp³-hybridized carbons (Fsp3) is 0.571.